The first kappa shape index (κ1) is 25.5. The molecule has 29 heavy (non-hydrogen) atoms. The van der Waals surface area contributed by atoms with Crippen molar-refractivity contribution in [3.05, 3.63) is 58.6 Å². The molecule has 0 spiro atoms. The molecule has 0 unspecified atom stereocenters. The molecule has 0 saturated carbocycles. The van der Waals surface area contributed by atoms with Gasteiger partial charge in [-0.2, -0.15) is 26.3 Å². The summed E-state index contributed by atoms with van der Waals surface area (Å²) in [5, 5.41) is 2.96. The molecular weight excluding hydrogens is 495 g/mol. The fourth-order valence-corrected chi connectivity index (χ4v) is 3.87. The lowest BCUT2D eigenvalue weighted by Gasteiger charge is -2.18. The molecule has 0 saturated heterocycles. The zero-order valence-electron chi connectivity index (χ0n) is 13.6. The molecule has 5 nitrogen and oxygen atoms in total. The lowest BCUT2D eigenvalue weighted by molar-refractivity contribution is -0.162. The van der Waals surface area contributed by atoms with E-state index >= 15 is 0 Å². The van der Waals surface area contributed by atoms with Gasteiger partial charge in [-0.15, -0.1) is 0 Å². The number of halogens is 8. The molecule has 162 valence electrons. The van der Waals surface area contributed by atoms with Crippen LogP contribution in [0.15, 0.2) is 52.3 Å². The lowest BCUT2D eigenvalue weighted by atomic mass is 10.1. The van der Waals surface area contributed by atoms with E-state index in [0.29, 0.717) is 0 Å². The molecule has 0 aliphatic rings. The van der Waals surface area contributed by atoms with Crippen LogP contribution in [0.3, 0.4) is 0 Å². The third kappa shape index (κ3) is 7.03. The Hall–Kier alpha value is -1.54. The number of rotatable bonds is 2. The van der Waals surface area contributed by atoms with E-state index in [0.717, 1.165) is 0 Å². The highest BCUT2D eigenvalue weighted by Gasteiger charge is 2.46. The Morgan fingerprint density at radius 2 is 1.28 bits per heavy atom. The van der Waals surface area contributed by atoms with Crippen LogP contribution in [0.25, 0.3) is 0 Å². The van der Waals surface area contributed by atoms with E-state index in [1.54, 1.807) is 18.2 Å². The van der Waals surface area contributed by atoms with Crippen LogP contribution in [0.5, 0.6) is 0 Å². The number of nitrogens with two attached hydrogens (primary N) is 1. The van der Waals surface area contributed by atoms with Crippen molar-refractivity contribution in [3.8, 4) is 0 Å². The third-order valence-corrected chi connectivity index (χ3v) is 5.85. The molecule has 2 N–H and O–H groups in total. The molecule has 0 radical (unpaired) electrons. The summed E-state index contributed by atoms with van der Waals surface area (Å²) in [5.41, 5.74) is -4.37. The van der Waals surface area contributed by atoms with Crippen LogP contribution in [0, 0.1) is 0 Å². The first-order valence-corrected chi connectivity index (χ1v) is 11.1. The maximum atomic E-state index is 12.6. The molecule has 0 aliphatic heterocycles. The van der Waals surface area contributed by atoms with Gasteiger partial charge in [0.2, 0.25) is 10.0 Å². The number of alkyl halides is 6. The van der Waals surface area contributed by atoms with E-state index in [2.05, 4.69) is 5.14 Å². The van der Waals surface area contributed by atoms with Crippen molar-refractivity contribution in [2.24, 2.45) is 5.14 Å². The third-order valence-electron chi connectivity index (χ3n) is 3.03. The minimum atomic E-state index is -5.48. The molecule has 0 atom stereocenters. The van der Waals surface area contributed by atoms with Gasteiger partial charge >= 0.3 is 12.4 Å². The zero-order chi connectivity index (χ0) is 22.8. The van der Waals surface area contributed by atoms with Crippen molar-refractivity contribution in [2.45, 2.75) is 22.1 Å². The fraction of sp³-hybridized carbons (Fsp3) is 0.143. The summed E-state index contributed by atoms with van der Waals surface area (Å²) in [6.07, 6.45) is -10.8. The SMILES string of the molecule is NS(=O)(=O)c1ccc(C(F)(F)F)c(C(F)(F)F)c1Cl.O=S(=O)(Cl)c1ccccc1. The molecule has 2 rings (SSSR count). The van der Waals surface area contributed by atoms with Crippen molar-refractivity contribution >= 4 is 41.4 Å². The molecule has 0 fully saturated rings. The highest BCUT2D eigenvalue weighted by atomic mass is 35.7. The Kier molecular flexibility index (Phi) is 7.63. The van der Waals surface area contributed by atoms with Crippen molar-refractivity contribution in [1.82, 2.24) is 0 Å². The van der Waals surface area contributed by atoms with Crippen molar-refractivity contribution in [2.75, 3.05) is 0 Å². The predicted molar refractivity (Wildman–Crippen MR) is 92.3 cm³/mol. The standard InChI is InChI=1S/C8H4ClF6NO2S.C6H5ClO2S/c9-6-4(19(16,17)18)2-1-3(7(10,11)12)5(6)8(13,14)15;7-10(8,9)6-4-2-1-3-5-6/h1-2H,(H2,16,17,18);1-5H. The normalized spacial score (nSPS) is 12.9. The van der Waals surface area contributed by atoms with E-state index in [1.165, 1.54) is 12.1 Å². The molecular formula is C14H9Cl2F6NO4S2. The summed E-state index contributed by atoms with van der Waals surface area (Å²) in [7, 11) is -3.18. The largest absolute Gasteiger partial charge is 0.418 e. The first-order chi connectivity index (χ1) is 12.9. The summed E-state index contributed by atoms with van der Waals surface area (Å²) >= 11 is 5.11. The summed E-state index contributed by atoms with van der Waals surface area (Å²) in [5.74, 6) is 0. The second-order valence-electron chi connectivity index (χ2n) is 5.09. The number of hydrogen-bond acceptors (Lipinski definition) is 4. The summed E-state index contributed by atoms with van der Waals surface area (Å²) < 4.78 is 118. The first-order valence-electron chi connectivity index (χ1n) is 6.86. The van der Waals surface area contributed by atoms with Gasteiger partial charge in [0.15, 0.2) is 0 Å². The highest BCUT2D eigenvalue weighted by Crippen LogP contribution is 2.45. The zero-order valence-corrected chi connectivity index (χ0v) is 16.7. The van der Waals surface area contributed by atoms with Gasteiger partial charge < -0.3 is 0 Å². The van der Waals surface area contributed by atoms with Crippen LogP contribution >= 0.6 is 22.3 Å². The van der Waals surface area contributed by atoms with Gasteiger partial charge in [-0.05, 0) is 24.3 Å². The number of benzene rings is 2. The van der Waals surface area contributed by atoms with Gasteiger partial charge in [0.25, 0.3) is 9.05 Å². The van der Waals surface area contributed by atoms with Crippen molar-refractivity contribution in [3.63, 3.8) is 0 Å². The molecule has 0 amide bonds. The van der Waals surface area contributed by atoms with Gasteiger partial charge in [0.05, 0.1) is 21.0 Å². The van der Waals surface area contributed by atoms with Crippen molar-refractivity contribution in [1.29, 1.82) is 0 Å². The Labute approximate surface area is 170 Å². The Bertz CT molecular complexity index is 1090. The fourth-order valence-electron chi connectivity index (χ4n) is 1.87. The van der Waals surface area contributed by atoms with Gasteiger partial charge in [0, 0.05) is 10.7 Å². The predicted octanol–water partition coefficient (Wildman–Crippen LogP) is 4.64. The molecule has 0 aromatic heterocycles. The van der Waals surface area contributed by atoms with Crippen LogP contribution in [0.4, 0.5) is 26.3 Å². The number of sulfonamides is 1. The summed E-state index contributed by atoms with van der Waals surface area (Å²) in [4.78, 5) is -1.09. The maximum Gasteiger partial charge on any atom is 0.418 e. The monoisotopic (exact) mass is 503 g/mol. The average molecular weight is 504 g/mol. The molecule has 0 heterocycles. The second kappa shape index (κ2) is 8.68. The maximum absolute atomic E-state index is 12.6. The molecule has 0 bridgehead atoms. The van der Waals surface area contributed by atoms with Gasteiger partial charge in [-0.1, -0.05) is 29.8 Å². The molecule has 0 aliphatic carbocycles. The van der Waals surface area contributed by atoms with E-state index in [1.807, 2.05) is 0 Å². The van der Waals surface area contributed by atoms with Crippen LogP contribution in [0.2, 0.25) is 5.02 Å². The minimum absolute atomic E-state index is 0.0333. The lowest BCUT2D eigenvalue weighted by Crippen LogP contribution is -2.20. The van der Waals surface area contributed by atoms with Gasteiger partial charge in [0.1, 0.15) is 4.90 Å². The number of hydrogen-bond donors (Lipinski definition) is 1. The summed E-state index contributed by atoms with van der Waals surface area (Å²) in [6.45, 7) is 0. The van der Waals surface area contributed by atoms with Crippen molar-refractivity contribution < 1.29 is 43.2 Å². The topological polar surface area (TPSA) is 94.3 Å². The van der Waals surface area contributed by atoms with E-state index in [-0.39, 0.29) is 17.0 Å². The van der Waals surface area contributed by atoms with Crippen LogP contribution < -0.4 is 5.14 Å². The van der Waals surface area contributed by atoms with E-state index in [9.17, 15) is 43.2 Å². The van der Waals surface area contributed by atoms with E-state index in [4.69, 9.17) is 22.3 Å². The Morgan fingerprint density at radius 3 is 1.59 bits per heavy atom. The quantitative estimate of drug-likeness (QED) is 0.477. The van der Waals surface area contributed by atoms with Gasteiger partial charge in [-0.25, -0.2) is 22.0 Å². The van der Waals surface area contributed by atoms with Crippen LogP contribution in [0.1, 0.15) is 11.1 Å². The van der Waals surface area contributed by atoms with Gasteiger partial charge in [-0.3, -0.25) is 0 Å². The van der Waals surface area contributed by atoms with E-state index < -0.39 is 52.5 Å². The molecule has 2 aromatic rings. The Balaban J connectivity index is 0.000000352. The summed E-state index contributed by atoms with van der Waals surface area (Å²) in [6, 6.07) is 8.10. The average Bonchev–Trinajstić information content (AvgIpc) is 2.52. The highest BCUT2D eigenvalue weighted by molar-refractivity contribution is 8.13. The second-order valence-corrected chi connectivity index (χ2v) is 9.57. The minimum Gasteiger partial charge on any atom is -0.225 e. The van der Waals surface area contributed by atoms with Crippen LogP contribution in [-0.4, -0.2) is 16.8 Å². The molecule has 15 heteroatoms. The molecule has 2 aromatic carbocycles. The number of primary sulfonamides is 1. The van der Waals surface area contributed by atoms with Crippen LogP contribution in [-0.2, 0) is 31.4 Å². The smallest absolute Gasteiger partial charge is 0.225 e. The Morgan fingerprint density at radius 1 is 0.793 bits per heavy atom.